The molecule has 2 aliphatic rings. The molecule has 6 aromatic rings. The second-order valence-electron chi connectivity index (χ2n) is 18.0. The third kappa shape index (κ3) is 15.9. The van der Waals surface area contributed by atoms with Gasteiger partial charge in [0.05, 0.1) is 51.1 Å². The van der Waals surface area contributed by atoms with Crippen LogP contribution in [0.5, 0.6) is 0 Å². The van der Waals surface area contributed by atoms with E-state index in [1.165, 1.54) is 0 Å². The number of hydrogen-bond acceptors (Lipinski definition) is 13. The normalized spacial score (nSPS) is 24.9. The maximum atomic E-state index is 13.4. The molecule has 0 spiro atoms. The Morgan fingerprint density at radius 3 is 0.761 bits per heavy atom. The van der Waals surface area contributed by atoms with Gasteiger partial charge in [-0.25, -0.2) is 16.8 Å². The van der Waals surface area contributed by atoms with Crippen LogP contribution in [0.15, 0.2) is 182 Å². The Hall–Kier alpha value is -5.14. The van der Waals surface area contributed by atoms with Gasteiger partial charge in [0.25, 0.3) is 0 Å². The second kappa shape index (κ2) is 25.5. The molecule has 10 atom stereocenters. The van der Waals surface area contributed by atoms with Crippen molar-refractivity contribution >= 4 is 19.7 Å². The molecular weight excluding hydrogens is 945 g/mol. The molecule has 0 radical (unpaired) electrons. The van der Waals surface area contributed by atoms with Crippen molar-refractivity contribution in [3.05, 3.63) is 215 Å². The Morgan fingerprint density at radius 1 is 0.324 bits per heavy atom. The van der Waals surface area contributed by atoms with Gasteiger partial charge in [-0.3, -0.25) is 0 Å². The smallest absolute Gasteiger partial charge is 0.190 e. The van der Waals surface area contributed by atoms with E-state index in [4.69, 9.17) is 42.6 Å². The minimum atomic E-state index is -3.73. The highest BCUT2D eigenvalue weighted by Gasteiger charge is 2.55. The van der Waals surface area contributed by atoms with Crippen molar-refractivity contribution in [3.63, 3.8) is 0 Å². The molecule has 0 saturated carbocycles. The maximum absolute atomic E-state index is 13.4. The highest BCUT2D eigenvalue weighted by atomic mass is 32.2. The van der Waals surface area contributed by atoms with Gasteiger partial charge in [-0.15, -0.1) is 0 Å². The molecule has 2 fully saturated rings. The molecule has 2 aliphatic heterocycles. The highest BCUT2D eigenvalue weighted by Crippen LogP contribution is 2.37. The highest BCUT2D eigenvalue weighted by molar-refractivity contribution is 7.90. The number of ether oxygens (including phenoxy) is 9. The predicted octanol–water partition coefficient (Wildman–Crippen LogP) is 8.05. The average Bonchev–Trinajstić information content (AvgIpc) is 3.37. The summed E-state index contributed by atoms with van der Waals surface area (Å²) in [7, 11) is -7.47. The molecular formula is C56H62O13S2. The zero-order valence-corrected chi connectivity index (χ0v) is 41.5. The van der Waals surface area contributed by atoms with Gasteiger partial charge in [-0.2, -0.15) is 0 Å². The van der Waals surface area contributed by atoms with E-state index < -0.39 is 92.6 Å². The molecule has 2 saturated heterocycles. The molecule has 71 heavy (non-hydrogen) atoms. The molecule has 5 unspecified atom stereocenters. The van der Waals surface area contributed by atoms with Crippen LogP contribution in [0.25, 0.3) is 0 Å². The van der Waals surface area contributed by atoms with Crippen LogP contribution in [0.3, 0.4) is 0 Å². The summed E-state index contributed by atoms with van der Waals surface area (Å²) in [5.41, 5.74) is 5.09. The molecule has 0 aromatic heterocycles. The minimum absolute atomic E-state index is 0.0798. The molecule has 15 heteroatoms. The van der Waals surface area contributed by atoms with E-state index in [0.29, 0.717) is 0 Å². The number of rotatable bonds is 24. The van der Waals surface area contributed by atoms with Gasteiger partial charge >= 0.3 is 0 Å². The zero-order chi connectivity index (χ0) is 49.5. The van der Waals surface area contributed by atoms with Gasteiger partial charge in [0.1, 0.15) is 68.5 Å². The number of benzene rings is 6. The first-order chi connectivity index (χ1) is 34.4. The maximum Gasteiger partial charge on any atom is 0.190 e. The van der Waals surface area contributed by atoms with Crippen LogP contribution in [0, 0.1) is 0 Å². The lowest BCUT2D eigenvalue weighted by atomic mass is 9.97. The van der Waals surface area contributed by atoms with Crippen LogP contribution < -0.4 is 0 Å². The Morgan fingerprint density at radius 2 is 0.535 bits per heavy atom. The Bertz CT molecular complexity index is 2520. The van der Waals surface area contributed by atoms with E-state index >= 15 is 0 Å². The van der Waals surface area contributed by atoms with E-state index in [-0.39, 0.29) is 39.6 Å². The number of sulfone groups is 2. The Labute approximate surface area is 417 Å². The van der Waals surface area contributed by atoms with E-state index in [1.54, 1.807) is 0 Å². The van der Waals surface area contributed by atoms with Crippen LogP contribution in [0.1, 0.15) is 33.4 Å². The molecule has 13 nitrogen and oxygen atoms in total. The third-order valence-electron chi connectivity index (χ3n) is 12.1. The quantitative estimate of drug-likeness (QED) is 0.0576. The first-order valence-corrected chi connectivity index (χ1v) is 27.8. The van der Waals surface area contributed by atoms with E-state index in [1.807, 2.05) is 182 Å². The van der Waals surface area contributed by atoms with E-state index in [2.05, 4.69) is 0 Å². The largest absolute Gasteiger partial charge is 0.368 e. The summed E-state index contributed by atoms with van der Waals surface area (Å²) in [6.45, 7) is 0.587. The fourth-order valence-corrected chi connectivity index (χ4v) is 10.4. The van der Waals surface area contributed by atoms with Gasteiger partial charge < -0.3 is 42.6 Å². The second-order valence-corrected chi connectivity index (χ2v) is 22.3. The lowest BCUT2D eigenvalue weighted by molar-refractivity contribution is -0.388. The van der Waals surface area contributed by atoms with Gasteiger partial charge in [0.2, 0.25) is 0 Å². The summed E-state index contributed by atoms with van der Waals surface area (Å²) >= 11 is 0. The summed E-state index contributed by atoms with van der Waals surface area (Å²) in [5, 5.41) is 0. The molecule has 6 aromatic carbocycles. The first-order valence-electron chi connectivity index (χ1n) is 23.7. The lowest BCUT2D eigenvalue weighted by Crippen LogP contribution is -2.66. The standard InChI is InChI=1S/C56H62O13S2/c1-70(57,58)39-47-49(61-33-41-21-9-3-10-22-41)51(63-35-43-25-13-5-14-26-43)53(65-37-45-29-17-7-18-30-45)55(67-47)69-56-54(66-38-46-31-19-8-20-32-46)52(64-36-44-27-15-6-16-28-44)50(48(68-56)40-71(2,59)60)62-34-42-23-11-4-12-24-42/h3-32,47-56H,33-40H2,1-2H3/t47?,48?,49-,50+,51+,52?,53?,54?,55-,56-/m0/s1. The molecule has 2 heterocycles. The first kappa shape index (κ1) is 52.2. The summed E-state index contributed by atoms with van der Waals surface area (Å²) in [5.74, 6) is -0.922. The van der Waals surface area contributed by atoms with Gasteiger partial charge in [-0.1, -0.05) is 182 Å². The van der Waals surface area contributed by atoms with Crippen LogP contribution in [0.2, 0.25) is 0 Å². The summed E-state index contributed by atoms with van der Waals surface area (Å²) in [4.78, 5) is 0. The van der Waals surface area contributed by atoms with Crippen molar-refractivity contribution in [1.82, 2.24) is 0 Å². The number of hydrogen-bond donors (Lipinski definition) is 0. The molecule has 8 rings (SSSR count). The van der Waals surface area contributed by atoms with Crippen molar-refractivity contribution in [2.45, 2.75) is 101 Å². The van der Waals surface area contributed by atoms with Crippen LogP contribution in [0.4, 0.5) is 0 Å². The zero-order valence-electron chi connectivity index (χ0n) is 39.9. The molecule has 0 aliphatic carbocycles. The monoisotopic (exact) mass is 1010 g/mol. The predicted molar refractivity (Wildman–Crippen MR) is 268 cm³/mol. The summed E-state index contributed by atoms with van der Waals surface area (Å²) < 4.78 is 115. The molecule has 0 bridgehead atoms. The molecule has 0 amide bonds. The van der Waals surface area contributed by atoms with Crippen molar-refractivity contribution in [2.75, 3.05) is 24.0 Å². The molecule has 0 N–H and O–H groups in total. The van der Waals surface area contributed by atoms with Crippen molar-refractivity contribution < 1.29 is 59.5 Å². The Balaban J connectivity index is 1.22. The fourth-order valence-electron chi connectivity index (χ4n) is 8.71. The van der Waals surface area contributed by atoms with Crippen molar-refractivity contribution in [1.29, 1.82) is 0 Å². The van der Waals surface area contributed by atoms with Crippen LogP contribution >= 0.6 is 0 Å². The summed E-state index contributed by atoms with van der Waals surface area (Å²) in [6, 6.07) is 57.3. The van der Waals surface area contributed by atoms with Gasteiger partial charge in [0, 0.05) is 12.5 Å². The SMILES string of the molecule is CS(=O)(=O)CC1O[C@@H](O[C@@H]2OC(CS(C)(=O)=O)[C@H](OCc3ccccc3)[C@@H](OCc3ccccc3)C2OCc2ccccc2)C(OCc2ccccc2)C(OCc2ccccc2)[C@@H]1OCc1ccccc1. The van der Waals surface area contributed by atoms with Crippen molar-refractivity contribution in [2.24, 2.45) is 0 Å². The molecule has 376 valence electrons. The van der Waals surface area contributed by atoms with E-state index in [9.17, 15) is 16.8 Å². The topological polar surface area (TPSA) is 151 Å². The van der Waals surface area contributed by atoms with Crippen LogP contribution in [-0.4, -0.2) is 102 Å². The third-order valence-corrected chi connectivity index (χ3v) is 14.0. The van der Waals surface area contributed by atoms with Gasteiger partial charge in [0.15, 0.2) is 12.6 Å². The van der Waals surface area contributed by atoms with E-state index in [0.717, 1.165) is 45.9 Å². The van der Waals surface area contributed by atoms with Crippen LogP contribution in [-0.2, 0) is 102 Å². The van der Waals surface area contributed by atoms with Crippen molar-refractivity contribution in [3.8, 4) is 0 Å². The Kier molecular flexibility index (Phi) is 18.7. The fraction of sp³-hybridized carbons (Fsp3) is 0.357. The minimum Gasteiger partial charge on any atom is -0.368 e. The lowest BCUT2D eigenvalue weighted by Gasteiger charge is -2.49. The average molecular weight is 1010 g/mol. The van der Waals surface area contributed by atoms with Gasteiger partial charge in [-0.05, 0) is 33.4 Å². The summed E-state index contributed by atoms with van der Waals surface area (Å²) in [6.07, 6.45) is -9.05.